The molecule has 0 aliphatic rings. The van der Waals surface area contributed by atoms with Gasteiger partial charge in [0.1, 0.15) is 11.6 Å². The highest BCUT2D eigenvalue weighted by Gasteiger charge is 2.09. The molecule has 3 aromatic rings. The number of anilines is 1. The lowest BCUT2D eigenvalue weighted by Crippen LogP contribution is -2.23. The summed E-state index contributed by atoms with van der Waals surface area (Å²) in [5, 5.41) is 5.45. The number of nitrogens with one attached hydrogen (secondary N) is 2. The molecule has 6 heteroatoms. The van der Waals surface area contributed by atoms with E-state index in [1.165, 1.54) is 30.3 Å². The van der Waals surface area contributed by atoms with Gasteiger partial charge in [-0.05, 0) is 66.6 Å². The van der Waals surface area contributed by atoms with Crippen molar-refractivity contribution in [2.45, 2.75) is 13.5 Å². The largest absolute Gasteiger partial charge is 0.348 e. The van der Waals surface area contributed by atoms with Crippen molar-refractivity contribution in [3.8, 4) is 0 Å². The van der Waals surface area contributed by atoms with Gasteiger partial charge in [0.15, 0.2) is 0 Å². The second-order valence-electron chi connectivity index (χ2n) is 6.31. The summed E-state index contributed by atoms with van der Waals surface area (Å²) in [5.74, 6) is -1.60. The fourth-order valence-electron chi connectivity index (χ4n) is 2.58. The van der Waals surface area contributed by atoms with Gasteiger partial charge in [-0.3, -0.25) is 9.59 Å². The van der Waals surface area contributed by atoms with E-state index in [2.05, 4.69) is 10.6 Å². The second kappa shape index (κ2) is 8.43. The minimum Gasteiger partial charge on any atom is -0.348 e. The zero-order valence-electron chi connectivity index (χ0n) is 15.1. The van der Waals surface area contributed by atoms with Gasteiger partial charge in [-0.2, -0.15) is 0 Å². The summed E-state index contributed by atoms with van der Waals surface area (Å²) in [5.41, 5.74) is 2.35. The number of rotatable bonds is 5. The quantitative estimate of drug-likeness (QED) is 0.687. The van der Waals surface area contributed by atoms with Gasteiger partial charge >= 0.3 is 0 Å². The molecule has 0 fully saturated rings. The Morgan fingerprint density at radius 3 is 2.29 bits per heavy atom. The number of carbonyl (C=O) groups is 2. The van der Waals surface area contributed by atoms with E-state index in [9.17, 15) is 18.4 Å². The molecule has 3 aromatic carbocycles. The first kappa shape index (κ1) is 19.2. The van der Waals surface area contributed by atoms with E-state index in [1.807, 2.05) is 0 Å². The number of halogens is 2. The number of hydrogen-bond donors (Lipinski definition) is 2. The summed E-state index contributed by atoms with van der Waals surface area (Å²) < 4.78 is 26.6. The van der Waals surface area contributed by atoms with Gasteiger partial charge in [0.2, 0.25) is 0 Å². The Bertz CT molecular complexity index is 1020. The maximum atomic E-state index is 13.6. The summed E-state index contributed by atoms with van der Waals surface area (Å²) in [6.07, 6.45) is 0. The van der Waals surface area contributed by atoms with Crippen LogP contribution in [0.1, 0.15) is 31.8 Å². The van der Waals surface area contributed by atoms with Crippen LogP contribution >= 0.6 is 0 Å². The Morgan fingerprint density at radius 2 is 1.57 bits per heavy atom. The average Bonchev–Trinajstić information content (AvgIpc) is 2.69. The molecule has 0 unspecified atom stereocenters. The lowest BCUT2D eigenvalue weighted by atomic mass is 10.1. The van der Waals surface area contributed by atoms with Gasteiger partial charge in [0, 0.05) is 23.4 Å². The molecule has 2 amide bonds. The highest BCUT2D eigenvalue weighted by atomic mass is 19.1. The van der Waals surface area contributed by atoms with E-state index >= 15 is 0 Å². The summed E-state index contributed by atoms with van der Waals surface area (Å²) in [7, 11) is 0. The molecule has 142 valence electrons. The van der Waals surface area contributed by atoms with Crippen molar-refractivity contribution in [1.29, 1.82) is 0 Å². The van der Waals surface area contributed by atoms with Crippen molar-refractivity contribution < 1.29 is 18.4 Å². The van der Waals surface area contributed by atoms with Gasteiger partial charge in [0.25, 0.3) is 11.8 Å². The summed E-state index contributed by atoms with van der Waals surface area (Å²) in [6, 6.07) is 16.5. The fraction of sp³-hybridized carbons (Fsp3) is 0.0909. The van der Waals surface area contributed by atoms with Crippen LogP contribution in [-0.2, 0) is 6.54 Å². The van der Waals surface area contributed by atoms with Gasteiger partial charge in [0.05, 0.1) is 0 Å². The SMILES string of the molecule is Cc1ccc(C(=O)NCc2cccc(NC(=O)c3ccc(F)cc3)c2)cc1F. The molecular formula is C22H18F2N2O2. The molecule has 4 nitrogen and oxygen atoms in total. The highest BCUT2D eigenvalue weighted by Crippen LogP contribution is 2.14. The first-order chi connectivity index (χ1) is 13.4. The lowest BCUT2D eigenvalue weighted by molar-refractivity contribution is 0.0949. The van der Waals surface area contributed by atoms with Gasteiger partial charge in [-0.1, -0.05) is 18.2 Å². The highest BCUT2D eigenvalue weighted by molar-refractivity contribution is 6.04. The van der Waals surface area contributed by atoms with Crippen LogP contribution in [0.5, 0.6) is 0 Å². The fourth-order valence-corrected chi connectivity index (χ4v) is 2.58. The number of hydrogen-bond acceptors (Lipinski definition) is 2. The smallest absolute Gasteiger partial charge is 0.255 e. The van der Waals surface area contributed by atoms with Gasteiger partial charge in [-0.15, -0.1) is 0 Å². The summed E-state index contributed by atoms with van der Waals surface area (Å²) in [4.78, 5) is 24.4. The third-order valence-electron chi connectivity index (χ3n) is 4.18. The van der Waals surface area contributed by atoms with Crippen molar-refractivity contribution in [3.63, 3.8) is 0 Å². The molecule has 0 saturated heterocycles. The molecule has 0 aliphatic carbocycles. The van der Waals surface area contributed by atoms with Crippen LogP contribution in [-0.4, -0.2) is 11.8 Å². The Morgan fingerprint density at radius 1 is 0.857 bits per heavy atom. The molecule has 0 aromatic heterocycles. The Kier molecular flexibility index (Phi) is 5.79. The van der Waals surface area contributed by atoms with Crippen LogP contribution in [0.3, 0.4) is 0 Å². The number of aryl methyl sites for hydroxylation is 1. The molecule has 28 heavy (non-hydrogen) atoms. The molecule has 0 atom stereocenters. The van der Waals surface area contributed by atoms with Crippen LogP contribution in [0.15, 0.2) is 66.7 Å². The number of benzene rings is 3. The zero-order chi connectivity index (χ0) is 20.1. The third-order valence-corrected chi connectivity index (χ3v) is 4.18. The molecule has 0 saturated carbocycles. The topological polar surface area (TPSA) is 58.2 Å². The molecule has 0 bridgehead atoms. The molecule has 2 N–H and O–H groups in total. The maximum absolute atomic E-state index is 13.6. The van der Waals surface area contributed by atoms with Crippen molar-refractivity contribution in [2.24, 2.45) is 0 Å². The van der Waals surface area contributed by atoms with Gasteiger partial charge in [-0.25, -0.2) is 8.78 Å². The standard InChI is InChI=1S/C22H18F2N2O2/c1-14-5-6-17(12-20(14)24)21(27)25-13-15-3-2-4-19(11-15)26-22(28)16-7-9-18(23)10-8-16/h2-12H,13H2,1H3,(H,25,27)(H,26,28). The molecule has 0 aliphatic heterocycles. The Hall–Kier alpha value is -3.54. The average molecular weight is 380 g/mol. The number of carbonyl (C=O) groups excluding carboxylic acids is 2. The van der Waals surface area contributed by atoms with Crippen LogP contribution in [0, 0.1) is 18.6 Å². The van der Waals surface area contributed by atoms with E-state index in [0.717, 1.165) is 5.56 Å². The van der Waals surface area contributed by atoms with Crippen molar-refractivity contribution >= 4 is 17.5 Å². The molecule has 0 radical (unpaired) electrons. The van der Waals surface area contributed by atoms with E-state index in [1.54, 1.807) is 43.3 Å². The maximum Gasteiger partial charge on any atom is 0.255 e. The number of amides is 2. The summed E-state index contributed by atoms with van der Waals surface area (Å²) >= 11 is 0. The Balaban J connectivity index is 1.62. The molecular weight excluding hydrogens is 362 g/mol. The first-order valence-electron chi connectivity index (χ1n) is 8.62. The predicted octanol–water partition coefficient (Wildman–Crippen LogP) is 4.46. The molecule has 0 heterocycles. The van der Waals surface area contributed by atoms with E-state index < -0.39 is 11.6 Å². The third kappa shape index (κ3) is 4.79. The first-order valence-corrected chi connectivity index (χ1v) is 8.62. The minimum absolute atomic E-state index is 0.217. The van der Waals surface area contributed by atoms with Crippen LogP contribution in [0.2, 0.25) is 0 Å². The zero-order valence-corrected chi connectivity index (χ0v) is 15.1. The van der Waals surface area contributed by atoms with Crippen molar-refractivity contribution in [3.05, 3.63) is 101 Å². The minimum atomic E-state index is -0.432. The van der Waals surface area contributed by atoms with Crippen LogP contribution in [0.25, 0.3) is 0 Å². The monoisotopic (exact) mass is 380 g/mol. The van der Waals surface area contributed by atoms with Crippen molar-refractivity contribution in [2.75, 3.05) is 5.32 Å². The van der Waals surface area contributed by atoms with Crippen LogP contribution < -0.4 is 10.6 Å². The van der Waals surface area contributed by atoms with Crippen molar-refractivity contribution in [1.82, 2.24) is 5.32 Å². The summed E-state index contributed by atoms with van der Waals surface area (Å²) in [6.45, 7) is 1.84. The lowest BCUT2D eigenvalue weighted by Gasteiger charge is -2.09. The van der Waals surface area contributed by atoms with Gasteiger partial charge < -0.3 is 10.6 Å². The second-order valence-corrected chi connectivity index (χ2v) is 6.31. The van der Waals surface area contributed by atoms with E-state index in [4.69, 9.17) is 0 Å². The van der Waals surface area contributed by atoms with Crippen LogP contribution in [0.4, 0.5) is 14.5 Å². The van der Waals surface area contributed by atoms with E-state index in [-0.39, 0.29) is 23.9 Å². The van der Waals surface area contributed by atoms with E-state index in [0.29, 0.717) is 16.8 Å². The normalized spacial score (nSPS) is 10.4. The Labute approximate surface area is 161 Å². The predicted molar refractivity (Wildman–Crippen MR) is 103 cm³/mol. The molecule has 3 rings (SSSR count). The molecule has 0 spiro atoms.